The molecule has 1 aliphatic carbocycles. The standard InChI is InChI=1S/C13H9Br2FN2O/c14-9-4-3-8(5-10(9)16)19-12-6-11(15)17-13(18-12)7-1-2-7/h3-7H,1-2H2. The highest BCUT2D eigenvalue weighted by molar-refractivity contribution is 9.10. The van der Waals surface area contributed by atoms with E-state index in [-0.39, 0.29) is 5.82 Å². The fourth-order valence-electron chi connectivity index (χ4n) is 1.65. The summed E-state index contributed by atoms with van der Waals surface area (Å²) in [5.41, 5.74) is 0. The van der Waals surface area contributed by atoms with Crippen LogP contribution in [0.5, 0.6) is 11.6 Å². The first-order valence-corrected chi connectivity index (χ1v) is 7.38. The molecule has 0 atom stereocenters. The number of aromatic nitrogens is 2. The lowest BCUT2D eigenvalue weighted by molar-refractivity contribution is 0.453. The highest BCUT2D eigenvalue weighted by atomic mass is 79.9. The van der Waals surface area contributed by atoms with Gasteiger partial charge in [-0.15, -0.1) is 0 Å². The number of rotatable bonds is 3. The van der Waals surface area contributed by atoms with E-state index >= 15 is 0 Å². The number of hydrogen-bond donors (Lipinski definition) is 0. The molecule has 1 aromatic heterocycles. The second-order valence-corrected chi connectivity index (χ2v) is 6.01. The van der Waals surface area contributed by atoms with Crippen LogP contribution < -0.4 is 4.74 Å². The van der Waals surface area contributed by atoms with Crippen LogP contribution in [0.1, 0.15) is 24.6 Å². The molecule has 0 spiro atoms. The Labute approximate surface area is 126 Å². The molecule has 1 fully saturated rings. The molecule has 98 valence electrons. The van der Waals surface area contributed by atoms with Gasteiger partial charge in [0.1, 0.15) is 22.0 Å². The molecule has 19 heavy (non-hydrogen) atoms. The summed E-state index contributed by atoms with van der Waals surface area (Å²) in [4.78, 5) is 8.66. The lowest BCUT2D eigenvalue weighted by Gasteiger charge is -2.07. The summed E-state index contributed by atoms with van der Waals surface area (Å²) in [6.45, 7) is 0. The Morgan fingerprint density at radius 3 is 2.63 bits per heavy atom. The van der Waals surface area contributed by atoms with Crippen LogP contribution in [-0.2, 0) is 0 Å². The van der Waals surface area contributed by atoms with Crippen molar-refractivity contribution in [1.29, 1.82) is 0 Å². The van der Waals surface area contributed by atoms with Gasteiger partial charge < -0.3 is 4.74 Å². The van der Waals surface area contributed by atoms with Crippen molar-refractivity contribution in [3.63, 3.8) is 0 Å². The predicted molar refractivity (Wildman–Crippen MR) is 75.9 cm³/mol. The first-order valence-electron chi connectivity index (χ1n) is 5.79. The molecule has 0 amide bonds. The van der Waals surface area contributed by atoms with Crippen LogP contribution in [0.2, 0.25) is 0 Å². The van der Waals surface area contributed by atoms with Gasteiger partial charge in [0, 0.05) is 18.1 Å². The van der Waals surface area contributed by atoms with Crippen molar-refractivity contribution in [2.45, 2.75) is 18.8 Å². The topological polar surface area (TPSA) is 35.0 Å². The third-order valence-electron chi connectivity index (χ3n) is 2.74. The molecule has 3 rings (SSSR count). The van der Waals surface area contributed by atoms with Crippen LogP contribution in [0.25, 0.3) is 0 Å². The minimum Gasteiger partial charge on any atom is -0.439 e. The van der Waals surface area contributed by atoms with Gasteiger partial charge in [0.25, 0.3) is 0 Å². The van der Waals surface area contributed by atoms with Crippen molar-refractivity contribution in [3.8, 4) is 11.6 Å². The van der Waals surface area contributed by atoms with Crippen LogP contribution in [-0.4, -0.2) is 9.97 Å². The van der Waals surface area contributed by atoms with E-state index in [1.165, 1.54) is 6.07 Å². The van der Waals surface area contributed by atoms with Crippen LogP contribution in [0.15, 0.2) is 33.3 Å². The highest BCUT2D eigenvalue weighted by Gasteiger charge is 2.27. The molecule has 1 heterocycles. The average molecular weight is 388 g/mol. The summed E-state index contributed by atoms with van der Waals surface area (Å²) in [6, 6.07) is 6.27. The number of benzene rings is 1. The summed E-state index contributed by atoms with van der Waals surface area (Å²) in [7, 11) is 0. The summed E-state index contributed by atoms with van der Waals surface area (Å²) < 4.78 is 20.1. The Bertz CT molecular complexity index is 632. The molecule has 0 N–H and O–H groups in total. The van der Waals surface area contributed by atoms with Crippen molar-refractivity contribution in [2.24, 2.45) is 0 Å². The monoisotopic (exact) mass is 386 g/mol. The fraction of sp³-hybridized carbons (Fsp3) is 0.231. The minimum atomic E-state index is -0.368. The van der Waals surface area contributed by atoms with Gasteiger partial charge in [-0.25, -0.2) is 9.37 Å². The van der Waals surface area contributed by atoms with Crippen molar-refractivity contribution in [3.05, 3.63) is 45.0 Å². The van der Waals surface area contributed by atoms with Crippen molar-refractivity contribution < 1.29 is 9.13 Å². The van der Waals surface area contributed by atoms with E-state index in [1.54, 1.807) is 18.2 Å². The zero-order valence-corrected chi connectivity index (χ0v) is 12.9. The highest BCUT2D eigenvalue weighted by Crippen LogP contribution is 2.39. The van der Waals surface area contributed by atoms with Crippen molar-refractivity contribution in [2.75, 3.05) is 0 Å². The van der Waals surface area contributed by atoms with Crippen LogP contribution in [0.3, 0.4) is 0 Å². The number of halogens is 3. The lowest BCUT2D eigenvalue weighted by Crippen LogP contribution is -1.96. The van der Waals surface area contributed by atoms with E-state index in [0.29, 0.717) is 26.6 Å². The molecule has 0 aliphatic heterocycles. The molecule has 6 heteroatoms. The van der Waals surface area contributed by atoms with Gasteiger partial charge in [0.05, 0.1) is 4.47 Å². The Morgan fingerprint density at radius 2 is 1.95 bits per heavy atom. The van der Waals surface area contributed by atoms with Crippen LogP contribution in [0, 0.1) is 5.82 Å². The second kappa shape index (κ2) is 5.17. The van der Waals surface area contributed by atoms with Gasteiger partial charge in [-0.2, -0.15) is 4.98 Å². The fourth-order valence-corrected chi connectivity index (χ4v) is 2.28. The Hall–Kier alpha value is -1.01. The lowest BCUT2D eigenvalue weighted by atomic mass is 10.3. The van der Waals surface area contributed by atoms with Gasteiger partial charge in [-0.05, 0) is 56.8 Å². The first kappa shape index (κ1) is 13.0. The van der Waals surface area contributed by atoms with Gasteiger partial charge >= 0.3 is 0 Å². The SMILES string of the molecule is Fc1cc(Oc2cc(Br)nc(C3CC3)n2)ccc1Br. The largest absolute Gasteiger partial charge is 0.439 e. The van der Waals surface area contributed by atoms with Gasteiger partial charge in [-0.1, -0.05) is 0 Å². The van der Waals surface area contributed by atoms with E-state index in [1.807, 2.05) is 0 Å². The Kier molecular flexibility index (Phi) is 3.54. The maximum Gasteiger partial charge on any atom is 0.223 e. The maximum atomic E-state index is 13.4. The quantitative estimate of drug-likeness (QED) is 0.709. The van der Waals surface area contributed by atoms with E-state index in [9.17, 15) is 4.39 Å². The molecule has 0 radical (unpaired) electrons. The van der Waals surface area contributed by atoms with E-state index in [4.69, 9.17) is 4.74 Å². The minimum absolute atomic E-state index is 0.368. The second-order valence-electron chi connectivity index (χ2n) is 4.34. The number of hydrogen-bond acceptors (Lipinski definition) is 3. The molecular formula is C13H9Br2FN2O. The summed E-state index contributed by atoms with van der Waals surface area (Å²) in [5, 5.41) is 0. The molecule has 0 bridgehead atoms. The molecule has 2 aromatic rings. The Morgan fingerprint density at radius 1 is 1.16 bits per heavy atom. The molecule has 1 saturated carbocycles. The molecule has 1 aliphatic rings. The van der Waals surface area contributed by atoms with Crippen LogP contribution in [0.4, 0.5) is 4.39 Å². The van der Waals surface area contributed by atoms with E-state index in [2.05, 4.69) is 41.8 Å². The predicted octanol–water partition coefficient (Wildman–Crippen LogP) is 4.81. The van der Waals surface area contributed by atoms with Gasteiger partial charge in [-0.3, -0.25) is 0 Å². The average Bonchev–Trinajstić information content (AvgIpc) is 3.17. The normalized spacial score (nSPS) is 14.5. The number of nitrogens with zero attached hydrogens (tertiary/aromatic N) is 2. The van der Waals surface area contributed by atoms with E-state index in [0.717, 1.165) is 18.7 Å². The summed E-state index contributed by atoms with van der Waals surface area (Å²) >= 11 is 6.44. The maximum absolute atomic E-state index is 13.4. The molecule has 0 unspecified atom stereocenters. The third kappa shape index (κ3) is 3.12. The summed E-state index contributed by atoms with van der Waals surface area (Å²) in [5.74, 6) is 1.68. The molecule has 1 aromatic carbocycles. The summed E-state index contributed by atoms with van der Waals surface area (Å²) in [6.07, 6.45) is 2.23. The van der Waals surface area contributed by atoms with E-state index < -0.39 is 0 Å². The third-order valence-corrected chi connectivity index (χ3v) is 3.79. The van der Waals surface area contributed by atoms with Gasteiger partial charge in [0.2, 0.25) is 5.88 Å². The molecule has 3 nitrogen and oxygen atoms in total. The van der Waals surface area contributed by atoms with Gasteiger partial charge in [0.15, 0.2) is 0 Å². The first-order chi connectivity index (χ1) is 9.11. The molecule has 0 saturated heterocycles. The molecular weight excluding hydrogens is 379 g/mol. The zero-order valence-electron chi connectivity index (χ0n) is 9.74. The van der Waals surface area contributed by atoms with Crippen molar-refractivity contribution in [1.82, 2.24) is 9.97 Å². The van der Waals surface area contributed by atoms with Crippen LogP contribution >= 0.6 is 31.9 Å². The zero-order chi connectivity index (χ0) is 13.4. The Balaban J connectivity index is 1.87. The number of ether oxygens (including phenoxy) is 1. The van der Waals surface area contributed by atoms with Crippen molar-refractivity contribution >= 4 is 31.9 Å². The smallest absolute Gasteiger partial charge is 0.223 e.